The Morgan fingerprint density at radius 2 is 2.08 bits per heavy atom. The molecule has 0 amide bonds. The number of allylic oxidation sites excluding steroid dienone is 2. The van der Waals surface area contributed by atoms with Crippen molar-refractivity contribution in [1.29, 1.82) is 0 Å². The van der Waals surface area contributed by atoms with Gasteiger partial charge in [0.2, 0.25) is 0 Å². The number of rotatable bonds is 1. The smallest absolute Gasteiger partial charge is 0.468 e. The first-order chi connectivity index (χ1) is 3.83. The molecule has 1 nitrogen and oxygen atoms in total. The van der Waals surface area contributed by atoms with Crippen LogP contribution in [-0.2, 0) is 21.1 Å². The van der Waals surface area contributed by atoms with Crippen molar-refractivity contribution in [2.24, 2.45) is 4.99 Å². The van der Waals surface area contributed by atoms with Crippen molar-refractivity contribution in [2.75, 3.05) is 0 Å². The zero-order valence-corrected chi connectivity index (χ0v) is 15.3. The summed E-state index contributed by atoms with van der Waals surface area (Å²) in [6, 6.07) is 0. The van der Waals surface area contributed by atoms with Crippen LogP contribution in [0.15, 0.2) is 10.7 Å². The van der Waals surface area contributed by atoms with Crippen LogP contribution < -0.4 is 58.2 Å². The molecule has 0 aromatic carbocycles. The van der Waals surface area contributed by atoms with Crippen LogP contribution in [0.25, 0.3) is 0 Å². The predicted octanol–water partition coefficient (Wildman–Crippen LogP) is -0.150. The Labute approximate surface area is 141 Å². The summed E-state index contributed by atoms with van der Waals surface area (Å²) < 4.78 is 0. The molecule has 0 saturated carbocycles. The van der Waals surface area contributed by atoms with Crippen LogP contribution in [0.3, 0.4) is 0 Å². The molecule has 0 fully saturated rings. The Morgan fingerprint density at radius 3 is 2.25 bits per heavy atom. The fourth-order valence-electron chi connectivity index (χ4n) is 0.690. The van der Waals surface area contributed by atoms with E-state index in [9.17, 15) is 0 Å². The van der Waals surface area contributed by atoms with E-state index in [2.05, 4.69) is 18.0 Å². The summed E-state index contributed by atoms with van der Waals surface area (Å²) in [6.07, 6.45) is 4.82. The molecule has 0 atom stereocenters. The van der Waals surface area contributed by atoms with Gasteiger partial charge in [-0.25, -0.2) is 0 Å². The van der Waals surface area contributed by atoms with Crippen LogP contribution in [0.2, 0.25) is 0 Å². The Bertz CT molecular complexity index is 153. The summed E-state index contributed by atoms with van der Waals surface area (Å²) in [5.41, 5.74) is 2.17. The van der Waals surface area contributed by atoms with E-state index in [-0.39, 0.29) is 94.1 Å². The van der Waals surface area contributed by atoms with E-state index >= 15 is 0 Å². The number of hydrogen-bond acceptors (Lipinski definition) is 1. The van der Waals surface area contributed by atoms with Gasteiger partial charge in [0.05, 0.1) is 0 Å². The predicted molar refractivity (Wildman–Crippen MR) is 47.6 cm³/mol. The molecule has 0 unspecified atom stereocenters. The van der Waals surface area contributed by atoms with E-state index in [4.69, 9.17) is 0 Å². The summed E-state index contributed by atoms with van der Waals surface area (Å²) in [5, 5.41) is 0. The second kappa shape index (κ2) is 12.9. The van der Waals surface area contributed by atoms with E-state index in [0.29, 0.717) is 0 Å². The van der Waals surface area contributed by atoms with Crippen molar-refractivity contribution in [3.05, 3.63) is 26.1 Å². The maximum Gasteiger partial charge on any atom is 2.00 e. The van der Waals surface area contributed by atoms with E-state index in [0.717, 1.165) is 24.3 Å². The van der Waals surface area contributed by atoms with Gasteiger partial charge in [0.25, 0.3) is 0 Å². The largest absolute Gasteiger partial charge is 2.00 e. The fourth-order valence-corrected chi connectivity index (χ4v) is 0.690. The third-order valence-electron chi connectivity index (χ3n) is 1.16. The zero-order chi connectivity index (χ0) is 5.98. The monoisotopic (exact) mass is 407 g/mol. The molecular weight excluding hydrogens is 391 g/mol. The van der Waals surface area contributed by atoms with Gasteiger partial charge in [0.1, 0.15) is 0 Å². The van der Waals surface area contributed by atoms with E-state index in [1.54, 1.807) is 0 Å². The zero-order valence-electron chi connectivity index (χ0n) is 7.48. The third-order valence-corrected chi connectivity index (χ3v) is 1.16. The second-order valence-electron chi connectivity index (χ2n) is 1.87. The first-order valence-electron chi connectivity index (χ1n) is 2.76. The molecule has 0 aromatic heterocycles. The van der Waals surface area contributed by atoms with Crippen molar-refractivity contribution in [1.82, 2.24) is 0 Å². The van der Waals surface area contributed by atoms with E-state index < -0.39 is 0 Å². The molecule has 0 aromatic rings. The van der Waals surface area contributed by atoms with Crippen molar-refractivity contribution >= 4 is 5.71 Å². The first kappa shape index (κ1) is 23.6. The molecule has 0 bridgehead atoms. The molecule has 0 spiro atoms. The molecule has 0 radical (unpaired) electrons. The molecule has 3 heteroatoms. The molecule has 1 aliphatic rings. The average molecular weight is 408 g/mol. The SMILES string of the molecule is C.[CH2-]CC1=NC(C)=[C-]C1.[CH3-].[Rb+].[W+2]. The standard InChI is InChI=1S/C7H9N.CH4.CH3.Rb.W/c1-3-7-5-4-6(2)8-7;;;;/h1,3,5H2,2H3;1H4;1H3;;/q-2;;-1;+1;+2. The van der Waals surface area contributed by atoms with Gasteiger partial charge in [-0.05, 0) is 5.71 Å². The topological polar surface area (TPSA) is 12.4 Å². The normalized spacial score (nSPS) is 12.2. The van der Waals surface area contributed by atoms with Gasteiger partial charge < -0.3 is 25.4 Å². The summed E-state index contributed by atoms with van der Waals surface area (Å²) in [4.78, 5) is 4.17. The minimum Gasteiger partial charge on any atom is -0.468 e. The summed E-state index contributed by atoms with van der Waals surface area (Å²) in [5.74, 6) is 0. The minimum atomic E-state index is 0. The summed E-state index contributed by atoms with van der Waals surface area (Å²) in [7, 11) is 0. The van der Waals surface area contributed by atoms with Gasteiger partial charge in [-0.2, -0.15) is 0 Å². The molecule has 0 N–H and O–H groups in total. The number of aliphatic imine (C=N–C) groups is 1. The van der Waals surface area contributed by atoms with Gasteiger partial charge in [-0.3, -0.25) is 0 Å². The van der Waals surface area contributed by atoms with Crippen LogP contribution in [-0.4, -0.2) is 5.71 Å². The van der Waals surface area contributed by atoms with Crippen LogP contribution in [0.1, 0.15) is 27.2 Å². The van der Waals surface area contributed by atoms with Gasteiger partial charge in [-0.1, -0.05) is 14.4 Å². The third kappa shape index (κ3) is 8.50. The van der Waals surface area contributed by atoms with Gasteiger partial charge in [0, 0.05) is 0 Å². The number of nitrogens with zero attached hydrogens (tertiary/aromatic N) is 1. The van der Waals surface area contributed by atoms with Crippen LogP contribution >= 0.6 is 0 Å². The molecule has 0 aliphatic carbocycles. The van der Waals surface area contributed by atoms with Crippen molar-refractivity contribution in [3.8, 4) is 0 Å². The van der Waals surface area contributed by atoms with E-state index in [1.165, 1.54) is 0 Å². The van der Waals surface area contributed by atoms with E-state index in [1.807, 2.05) is 6.92 Å². The number of hydrogen-bond donors (Lipinski definition) is 0. The molecule has 1 heterocycles. The fraction of sp³-hybridized carbons (Fsp3) is 0.444. The molecule has 64 valence electrons. The van der Waals surface area contributed by atoms with Gasteiger partial charge >= 0.3 is 79.3 Å². The maximum atomic E-state index is 4.17. The van der Waals surface area contributed by atoms with Crippen molar-refractivity contribution in [3.63, 3.8) is 0 Å². The quantitative estimate of drug-likeness (QED) is 0.537. The summed E-state index contributed by atoms with van der Waals surface area (Å²) >= 11 is 0. The molecule has 0 saturated heterocycles. The maximum absolute atomic E-state index is 4.17. The Kier molecular flexibility index (Phi) is 25.4. The van der Waals surface area contributed by atoms with Crippen molar-refractivity contribution < 1.29 is 79.3 Å². The van der Waals surface area contributed by atoms with Gasteiger partial charge in [0.15, 0.2) is 0 Å². The van der Waals surface area contributed by atoms with Gasteiger partial charge in [-0.15, -0.1) is 18.5 Å². The van der Waals surface area contributed by atoms with Crippen LogP contribution in [0, 0.1) is 20.4 Å². The molecule has 1 rings (SSSR count). The summed E-state index contributed by atoms with van der Waals surface area (Å²) in [6.45, 7) is 5.68. The Morgan fingerprint density at radius 1 is 1.58 bits per heavy atom. The molecule has 1 aliphatic heterocycles. The Hall–Kier alpha value is 1.90. The van der Waals surface area contributed by atoms with Crippen LogP contribution in [0.5, 0.6) is 0 Å². The first-order valence-corrected chi connectivity index (χ1v) is 2.76. The van der Waals surface area contributed by atoms with Crippen LogP contribution in [0.4, 0.5) is 0 Å². The molecular formula is C9H16NRbW. The molecule has 12 heavy (non-hydrogen) atoms. The van der Waals surface area contributed by atoms with Crippen molar-refractivity contribution in [2.45, 2.75) is 27.2 Å². The second-order valence-corrected chi connectivity index (χ2v) is 1.87. The Balaban J connectivity index is -0.0000000800. The average Bonchev–Trinajstić information content (AvgIpc) is 2.14. The minimum absolute atomic E-state index is 0.